The van der Waals surface area contributed by atoms with Crippen LogP contribution in [0, 0.1) is 6.92 Å². The molecule has 0 saturated heterocycles. The molecule has 2 rings (SSSR count). The number of hydrogen-bond donors (Lipinski definition) is 1. The smallest absolute Gasteiger partial charge is 0.351 e. The largest absolute Gasteiger partial charge is 0.435 e. The fraction of sp³-hybridized carbons (Fsp3) is 0.500. The van der Waals surface area contributed by atoms with Gasteiger partial charge >= 0.3 is 12.4 Å². The van der Waals surface area contributed by atoms with Crippen molar-refractivity contribution < 1.29 is 31.1 Å². The van der Waals surface area contributed by atoms with Crippen molar-refractivity contribution in [2.24, 2.45) is 7.05 Å². The Kier molecular flexibility index (Phi) is 5.33. The highest BCUT2D eigenvalue weighted by Crippen LogP contribution is 2.29. The van der Waals surface area contributed by atoms with E-state index in [1.165, 1.54) is 14.0 Å². The van der Waals surface area contributed by atoms with Crippen LogP contribution >= 0.6 is 0 Å². The first-order valence-corrected chi connectivity index (χ1v) is 7.40. The number of hydrogen-bond acceptors (Lipinski definition) is 3. The molecule has 0 aliphatic rings. The van der Waals surface area contributed by atoms with Crippen LogP contribution in [-0.2, 0) is 25.9 Å². The van der Waals surface area contributed by atoms with Crippen LogP contribution in [0.15, 0.2) is 12.1 Å². The lowest BCUT2D eigenvalue weighted by atomic mass is 10.3. The predicted octanol–water partition coefficient (Wildman–Crippen LogP) is 2.78. The maximum Gasteiger partial charge on any atom is 0.435 e. The van der Waals surface area contributed by atoms with E-state index in [2.05, 4.69) is 15.5 Å². The molecule has 2 heterocycles. The molecule has 26 heavy (non-hydrogen) atoms. The standard InChI is InChI=1S/C14H15F6N5O/c1-8-6-10(13(15,16)17)23-25(8)5-3-4-21-12(26)9-7-11(14(18,19)20)22-24(9)2/h6-7H,3-5H2,1-2H3,(H,21,26). The molecule has 0 aliphatic carbocycles. The maximum atomic E-state index is 12.6. The number of alkyl halides is 6. The zero-order chi connectivity index (χ0) is 19.7. The summed E-state index contributed by atoms with van der Waals surface area (Å²) in [7, 11) is 1.20. The van der Waals surface area contributed by atoms with E-state index in [0.717, 1.165) is 15.4 Å². The summed E-state index contributed by atoms with van der Waals surface area (Å²) in [5.41, 5.74) is -2.15. The molecule has 0 bridgehead atoms. The van der Waals surface area contributed by atoms with E-state index in [9.17, 15) is 31.1 Å². The first-order chi connectivity index (χ1) is 11.9. The minimum absolute atomic E-state index is 0.0476. The van der Waals surface area contributed by atoms with E-state index in [1.54, 1.807) is 0 Å². The molecule has 2 aromatic rings. The minimum Gasteiger partial charge on any atom is -0.351 e. The lowest BCUT2D eigenvalue weighted by Gasteiger charge is -2.07. The molecule has 0 spiro atoms. The van der Waals surface area contributed by atoms with E-state index in [1.807, 2.05) is 0 Å². The Labute approximate surface area is 143 Å². The number of carbonyl (C=O) groups is 1. The van der Waals surface area contributed by atoms with Crippen molar-refractivity contribution in [2.75, 3.05) is 6.54 Å². The van der Waals surface area contributed by atoms with E-state index >= 15 is 0 Å². The van der Waals surface area contributed by atoms with Crippen LogP contribution in [0.2, 0.25) is 0 Å². The number of aromatic nitrogens is 4. The first-order valence-electron chi connectivity index (χ1n) is 7.40. The average Bonchev–Trinajstić information content (AvgIpc) is 3.06. The number of aryl methyl sites for hydroxylation is 3. The number of carbonyl (C=O) groups excluding carboxylic acids is 1. The van der Waals surface area contributed by atoms with Crippen LogP contribution in [0.3, 0.4) is 0 Å². The van der Waals surface area contributed by atoms with Gasteiger partial charge in [-0.15, -0.1) is 0 Å². The zero-order valence-corrected chi connectivity index (χ0v) is 13.7. The monoisotopic (exact) mass is 383 g/mol. The molecule has 12 heteroatoms. The Balaban J connectivity index is 1.90. The summed E-state index contributed by atoms with van der Waals surface area (Å²) in [5, 5.41) is 9.07. The quantitative estimate of drug-likeness (QED) is 0.638. The SMILES string of the molecule is Cc1cc(C(F)(F)F)nn1CCCNC(=O)c1cc(C(F)(F)F)nn1C. The molecule has 0 saturated carbocycles. The number of rotatable bonds is 5. The third-order valence-electron chi connectivity index (χ3n) is 3.51. The van der Waals surface area contributed by atoms with Gasteiger partial charge in [0.2, 0.25) is 0 Å². The fourth-order valence-electron chi connectivity index (χ4n) is 2.21. The molecule has 0 atom stereocenters. The van der Waals surface area contributed by atoms with Crippen LogP contribution in [0.25, 0.3) is 0 Å². The molecule has 0 aromatic carbocycles. The Bertz CT molecular complexity index is 789. The van der Waals surface area contributed by atoms with Gasteiger partial charge in [-0.25, -0.2) is 0 Å². The summed E-state index contributed by atoms with van der Waals surface area (Å²) < 4.78 is 77.4. The third kappa shape index (κ3) is 4.55. The van der Waals surface area contributed by atoms with Gasteiger partial charge in [-0.05, 0) is 19.4 Å². The van der Waals surface area contributed by atoms with Gasteiger partial charge in [0, 0.05) is 31.9 Å². The lowest BCUT2D eigenvalue weighted by molar-refractivity contribution is -0.142. The maximum absolute atomic E-state index is 12.6. The normalized spacial score (nSPS) is 12.5. The van der Waals surface area contributed by atoms with Gasteiger partial charge in [0.05, 0.1) is 0 Å². The molecule has 0 fully saturated rings. The summed E-state index contributed by atoms with van der Waals surface area (Å²) in [5.74, 6) is -0.760. The predicted molar refractivity (Wildman–Crippen MR) is 77.1 cm³/mol. The molecule has 144 valence electrons. The van der Waals surface area contributed by atoms with E-state index in [0.29, 0.717) is 11.8 Å². The van der Waals surface area contributed by atoms with E-state index in [4.69, 9.17) is 0 Å². The number of halogens is 6. The van der Waals surface area contributed by atoms with Crippen molar-refractivity contribution >= 4 is 5.91 Å². The minimum atomic E-state index is -4.66. The molecule has 1 N–H and O–H groups in total. The van der Waals surface area contributed by atoms with Gasteiger partial charge in [0.1, 0.15) is 5.69 Å². The van der Waals surface area contributed by atoms with Crippen molar-refractivity contribution in [3.8, 4) is 0 Å². The van der Waals surface area contributed by atoms with Crippen LogP contribution in [0.4, 0.5) is 26.3 Å². The van der Waals surface area contributed by atoms with Crippen molar-refractivity contribution in [2.45, 2.75) is 32.2 Å². The molecule has 1 amide bonds. The van der Waals surface area contributed by atoms with Crippen LogP contribution in [0.5, 0.6) is 0 Å². The second kappa shape index (κ2) is 7.00. The molecular weight excluding hydrogens is 368 g/mol. The lowest BCUT2D eigenvalue weighted by Crippen LogP contribution is -2.27. The zero-order valence-electron chi connectivity index (χ0n) is 13.7. The van der Waals surface area contributed by atoms with Gasteiger partial charge in [-0.2, -0.15) is 36.5 Å². The summed E-state index contributed by atoms with van der Waals surface area (Å²) in [6.45, 7) is 1.63. The molecule has 6 nitrogen and oxygen atoms in total. The van der Waals surface area contributed by atoms with Gasteiger partial charge in [0.15, 0.2) is 11.4 Å². The summed E-state index contributed by atoms with van der Waals surface area (Å²) >= 11 is 0. The molecule has 0 unspecified atom stereocenters. The topological polar surface area (TPSA) is 64.7 Å². The third-order valence-corrected chi connectivity index (χ3v) is 3.51. The van der Waals surface area contributed by atoms with Crippen molar-refractivity contribution in [1.82, 2.24) is 24.9 Å². The van der Waals surface area contributed by atoms with Gasteiger partial charge in [-0.3, -0.25) is 14.2 Å². The number of nitrogens with one attached hydrogen (secondary N) is 1. The fourth-order valence-corrected chi connectivity index (χ4v) is 2.21. The number of amides is 1. The van der Waals surface area contributed by atoms with E-state index < -0.39 is 29.6 Å². The van der Waals surface area contributed by atoms with Crippen LogP contribution < -0.4 is 5.32 Å². The van der Waals surface area contributed by atoms with Crippen molar-refractivity contribution in [1.29, 1.82) is 0 Å². The Morgan fingerprint density at radius 3 is 2.15 bits per heavy atom. The van der Waals surface area contributed by atoms with Gasteiger partial charge < -0.3 is 5.32 Å². The van der Waals surface area contributed by atoms with Crippen molar-refractivity contribution in [3.63, 3.8) is 0 Å². The highest BCUT2D eigenvalue weighted by molar-refractivity contribution is 5.92. The van der Waals surface area contributed by atoms with Crippen LogP contribution in [-0.4, -0.2) is 32.0 Å². The number of nitrogens with zero attached hydrogens (tertiary/aromatic N) is 4. The second-order valence-electron chi connectivity index (χ2n) is 5.54. The Morgan fingerprint density at radius 2 is 1.65 bits per heavy atom. The van der Waals surface area contributed by atoms with Crippen LogP contribution in [0.1, 0.15) is 34.0 Å². The van der Waals surface area contributed by atoms with Crippen molar-refractivity contribution in [3.05, 3.63) is 34.9 Å². The average molecular weight is 383 g/mol. The summed E-state index contributed by atoms with van der Waals surface area (Å²) in [6.07, 6.45) is -8.96. The second-order valence-corrected chi connectivity index (χ2v) is 5.54. The molecule has 0 aliphatic heterocycles. The molecular formula is C14H15F6N5O. The summed E-state index contributed by atoms with van der Waals surface area (Å²) in [4.78, 5) is 11.9. The molecule has 0 radical (unpaired) electrons. The highest BCUT2D eigenvalue weighted by atomic mass is 19.4. The first kappa shape index (κ1) is 19.8. The molecule has 2 aromatic heterocycles. The van der Waals surface area contributed by atoms with Gasteiger partial charge in [0.25, 0.3) is 5.91 Å². The Hall–Kier alpha value is -2.53. The van der Waals surface area contributed by atoms with E-state index in [-0.39, 0.29) is 25.2 Å². The Morgan fingerprint density at radius 1 is 1.08 bits per heavy atom. The van der Waals surface area contributed by atoms with Gasteiger partial charge in [-0.1, -0.05) is 0 Å². The highest BCUT2D eigenvalue weighted by Gasteiger charge is 2.35. The summed E-state index contributed by atoms with van der Waals surface area (Å²) in [6, 6.07) is 1.54.